The van der Waals surface area contributed by atoms with Crippen LogP contribution >= 0.6 is 11.3 Å². The summed E-state index contributed by atoms with van der Waals surface area (Å²) in [7, 11) is 0. The van der Waals surface area contributed by atoms with E-state index in [-0.39, 0.29) is 18.0 Å². The number of carbonyl (C=O) groups excluding carboxylic acids is 1. The predicted molar refractivity (Wildman–Crippen MR) is 129 cm³/mol. The number of pyridine rings is 1. The van der Waals surface area contributed by atoms with E-state index < -0.39 is 0 Å². The summed E-state index contributed by atoms with van der Waals surface area (Å²) in [5.41, 5.74) is 3.91. The van der Waals surface area contributed by atoms with Crippen molar-refractivity contribution < 1.29 is 4.79 Å². The van der Waals surface area contributed by atoms with Crippen molar-refractivity contribution in [2.24, 2.45) is 0 Å². The quantitative estimate of drug-likeness (QED) is 0.405. The number of amides is 1. The zero-order chi connectivity index (χ0) is 22.6. The molecule has 0 aliphatic carbocycles. The largest absolute Gasteiger partial charge is 0.350 e. The van der Waals surface area contributed by atoms with Crippen molar-refractivity contribution >= 4 is 28.6 Å². The molecule has 33 heavy (non-hydrogen) atoms. The van der Waals surface area contributed by atoms with Crippen LogP contribution in [0.3, 0.4) is 0 Å². The summed E-state index contributed by atoms with van der Waals surface area (Å²) in [4.78, 5) is 29.7. The number of thiazole rings is 1. The second-order valence-electron chi connectivity index (χ2n) is 7.69. The van der Waals surface area contributed by atoms with E-state index in [1.807, 2.05) is 53.9 Å². The van der Waals surface area contributed by atoms with Gasteiger partial charge in [0.25, 0.3) is 0 Å². The molecule has 0 saturated carbocycles. The number of rotatable bonds is 7. The number of aromatic nitrogens is 4. The topological polar surface area (TPSA) is 81.3 Å². The first-order chi connectivity index (χ1) is 16.1. The molecule has 0 saturated heterocycles. The molecular formula is C25H21N5O2S. The molecule has 0 atom stereocenters. The second-order valence-corrected chi connectivity index (χ2v) is 8.63. The van der Waals surface area contributed by atoms with E-state index >= 15 is 0 Å². The lowest BCUT2D eigenvalue weighted by molar-refractivity contribution is -0.115. The van der Waals surface area contributed by atoms with E-state index in [1.165, 1.54) is 14.6 Å². The Kier molecular flexibility index (Phi) is 5.82. The SMILES string of the molecule is O=C(Cc1csc(Cc2ccccc2)n1)Nc1cccc(Cn2nc3ccccn3c2=O)c1. The van der Waals surface area contributed by atoms with Gasteiger partial charge in [-0.25, -0.2) is 14.5 Å². The summed E-state index contributed by atoms with van der Waals surface area (Å²) >= 11 is 1.57. The number of fused-ring (bicyclic) bond motifs is 1. The van der Waals surface area contributed by atoms with Gasteiger partial charge < -0.3 is 5.32 Å². The van der Waals surface area contributed by atoms with Gasteiger partial charge in [0.1, 0.15) is 0 Å². The van der Waals surface area contributed by atoms with Crippen molar-refractivity contribution in [1.29, 1.82) is 0 Å². The molecule has 1 N–H and O–H groups in total. The van der Waals surface area contributed by atoms with Gasteiger partial charge >= 0.3 is 5.69 Å². The summed E-state index contributed by atoms with van der Waals surface area (Å²) in [6.45, 7) is 0.319. The molecule has 0 unspecified atom stereocenters. The lowest BCUT2D eigenvalue weighted by atomic mass is 10.2. The highest BCUT2D eigenvalue weighted by Crippen LogP contribution is 2.16. The van der Waals surface area contributed by atoms with Crippen LogP contribution in [0.5, 0.6) is 0 Å². The summed E-state index contributed by atoms with van der Waals surface area (Å²) in [5, 5.41) is 10.2. The molecule has 0 radical (unpaired) electrons. The van der Waals surface area contributed by atoms with Crippen LogP contribution in [0.2, 0.25) is 0 Å². The molecule has 0 aliphatic heterocycles. The fourth-order valence-electron chi connectivity index (χ4n) is 3.64. The smallest absolute Gasteiger partial charge is 0.326 e. The summed E-state index contributed by atoms with van der Waals surface area (Å²) < 4.78 is 2.92. The van der Waals surface area contributed by atoms with Gasteiger partial charge in [-0.15, -0.1) is 16.4 Å². The van der Waals surface area contributed by atoms with E-state index in [0.29, 0.717) is 17.9 Å². The minimum absolute atomic E-state index is 0.131. The first-order valence-corrected chi connectivity index (χ1v) is 11.4. The van der Waals surface area contributed by atoms with Crippen LogP contribution in [0.15, 0.2) is 89.2 Å². The van der Waals surface area contributed by atoms with Gasteiger partial charge in [-0.05, 0) is 35.4 Å². The highest BCUT2D eigenvalue weighted by molar-refractivity contribution is 7.09. The Morgan fingerprint density at radius 1 is 0.970 bits per heavy atom. The zero-order valence-corrected chi connectivity index (χ0v) is 18.5. The van der Waals surface area contributed by atoms with Crippen LogP contribution < -0.4 is 11.0 Å². The van der Waals surface area contributed by atoms with Crippen molar-refractivity contribution in [3.8, 4) is 0 Å². The van der Waals surface area contributed by atoms with Crippen LogP contribution in [-0.2, 0) is 24.2 Å². The molecule has 0 spiro atoms. The number of nitrogens with one attached hydrogen (secondary N) is 1. The van der Waals surface area contributed by atoms with Gasteiger partial charge in [0.2, 0.25) is 5.91 Å². The van der Waals surface area contributed by atoms with E-state index in [1.54, 1.807) is 29.7 Å². The summed E-state index contributed by atoms with van der Waals surface area (Å²) in [6.07, 6.45) is 2.67. The maximum atomic E-state index is 12.6. The molecule has 5 rings (SSSR count). The van der Waals surface area contributed by atoms with Crippen LogP contribution in [0, 0.1) is 0 Å². The average Bonchev–Trinajstić information content (AvgIpc) is 3.38. The van der Waals surface area contributed by atoms with E-state index in [2.05, 4.69) is 27.5 Å². The third-order valence-corrected chi connectivity index (χ3v) is 6.07. The molecule has 2 aromatic carbocycles. The number of nitrogens with zero attached hydrogens (tertiary/aromatic N) is 4. The minimum Gasteiger partial charge on any atom is -0.326 e. The Balaban J connectivity index is 1.23. The van der Waals surface area contributed by atoms with E-state index in [0.717, 1.165) is 22.7 Å². The molecule has 7 nitrogen and oxygen atoms in total. The average molecular weight is 456 g/mol. The molecule has 0 aliphatic rings. The molecule has 8 heteroatoms. The Hall–Kier alpha value is -4.04. The highest BCUT2D eigenvalue weighted by Gasteiger charge is 2.10. The van der Waals surface area contributed by atoms with Gasteiger partial charge in [-0.1, -0.05) is 48.5 Å². The van der Waals surface area contributed by atoms with E-state index in [9.17, 15) is 9.59 Å². The Morgan fingerprint density at radius 3 is 2.64 bits per heavy atom. The standard InChI is InChI=1S/C25H21N5O2S/c31-23(15-21-17-33-24(27-21)14-18-7-2-1-3-8-18)26-20-10-6-9-19(13-20)16-30-25(32)29-12-5-4-11-22(29)28-30/h1-13,17H,14-16H2,(H,26,31). The fraction of sp³-hybridized carbons (Fsp3) is 0.120. The third kappa shape index (κ3) is 4.91. The second kappa shape index (κ2) is 9.22. The molecule has 3 heterocycles. The van der Waals surface area contributed by atoms with Crippen LogP contribution in [0.25, 0.3) is 5.65 Å². The zero-order valence-electron chi connectivity index (χ0n) is 17.7. The number of carbonyl (C=O) groups is 1. The number of hydrogen-bond donors (Lipinski definition) is 1. The van der Waals surface area contributed by atoms with Crippen molar-refractivity contribution in [2.45, 2.75) is 19.4 Å². The Bertz CT molecular complexity index is 1470. The van der Waals surface area contributed by atoms with Crippen molar-refractivity contribution in [3.63, 3.8) is 0 Å². The minimum atomic E-state index is -0.199. The molecule has 164 valence electrons. The monoisotopic (exact) mass is 455 g/mol. The van der Waals surface area contributed by atoms with Crippen LogP contribution in [0.1, 0.15) is 21.8 Å². The maximum absolute atomic E-state index is 12.6. The summed E-state index contributed by atoms with van der Waals surface area (Å²) in [5.74, 6) is -0.131. The van der Waals surface area contributed by atoms with Crippen molar-refractivity contribution in [2.75, 3.05) is 5.32 Å². The molecule has 1 amide bonds. The van der Waals surface area contributed by atoms with Gasteiger partial charge in [0.05, 0.1) is 23.7 Å². The van der Waals surface area contributed by atoms with Gasteiger partial charge in [0, 0.05) is 23.7 Å². The van der Waals surface area contributed by atoms with Gasteiger partial charge in [0.15, 0.2) is 5.65 Å². The Labute approximate surface area is 194 Å². The molecule has 5 aromatic rings. The number of hydrogen-bond acceptors (Lipinski definition) is 5. The normalized spacial score (nSPS) is 11.0. The predicted octanol–water partition coefficient (Wildman–Crippen LogP) is 3.77. The van der Waals surface area contributed by atoms with Crippen molar-refractivity contribution in [3.05, 3.63) is 117 Å². The van der Waals surface area contributed by atoms with Gasteiger partial charge in [-0.2, -0.15) is 0 Å². The summed E-state index contributed by atoms with van der Waals surface area (Å²) in [6, 6.07) is 23.0. The molecular weight excluding hydrogens is 434 g/mol. The van der Waals surface area contributed by atoms with Crippen LogP contribution in [-0.4, -0.2) is 25.1 Å². The first kappa shape index (κ1) is 20.8. The Morgan fingerprint density at radius 2 is 1.79 bits per heavy atom. The van der Waals surface area contributed by atoms with Crippen molar-refractivity contribution in [1.82, 2.24) is 19.2 Å². The van der Waals surface area contributed by atoms with Gasteiger partial charge in [-0.3, -0.25) is 9.20 Å². The fourth-order valence-corrected chi connectivity index (χ4v) is 4.47. The molecule has 0 fully saturated rings. The lowest BCUT2D eigenvalue weighted by Crippen LogP contribution is -2.21. The molecule has 0 bridgehead atoms. The first-order valence-electron chi connectivity index (χ1n) is 10.5. The van der Waals surface area contributed by atoms with E-state index in [4.69, 9.17) is 0 Å². The number of benzene rings is 2. The third-order valence-electron chi connectivity index (χ3n) is 5.17. The maximum Gasteiger partial charge on any atom is 0.350 e. The highest BCUT2D eigenvalue weighted by atomic mass is 32.1. The lowest BCUT2D eigenvalue weighted by Gasteiger charge is -2.07. The molecule has 3 aromatic heterocycles. The van der Waals surface area contributed by atoms with Crippen LogP contribution in [0.4, 0.5) is 5.69 Å². The number of anilines is 1.